The minimum atomic E-state index is 0.122. The molecule has 1 spiro atoms. The van der Waals surface area contributed by atoms with Crippen molar-refractivity contribution >= 4 is 11.6 Å². The van der Waals surface area contributed by atoms with E-state index in [2.05, 4.69) is 34.6 Å². The standard InChI is InChI=1S/C18H19N3O/c22-17(14-5-9-19-10-6-14)21-11-7-18(8-12-21)13-20-16-4-2-1-3-15(16)18/h1-6,9-10,20H,7-8,11-13H2. The van der Waals surface area contributed by atoms with Gasteiger partial charge in [0, 0.05) is 48.7 Å². The number of piperidine rings is 1. The van der Waals surface area contributed by atoms with Crippen LogP contribution in [0.15, 0.2) is 48.8 Å². The van der Waals surface area contributed by atoms with Gasteiger partial charge in [-0.25, -0.2) is 0 Å². The molecule has 4 rings (SSSR count). The summed E-state index contributed by atoms with van der Waals surface area (Å²) in [7, 11) is 0. The van der Waals surface area contributed by atoms with Gasteiger partial charge >= 0.3 is 0 Å². The zero-order valence-electron chi connectivity index (χ0n) is 12.5. The Balaban J connectivity index is 1.51. The third kappa shape index (κ3) is 2.06. The number of likely N-dealkylation sites (tertiary alicyclic amines) is 1. The SMILES string of the molecule is O=C(c1ccncc1)N1CCC2(CC1)CNc1ccccc12. The van der Waals surface area contributed by atoms with Gasteiger partial charge in [0.1, 0.15) is 0 Å². The molecule has 4 nitrogen and oxygen atoms in total. The molecule has 2 aromatic rings. The van der Waals surface area contributed by atoms with Crippen LogP contribution < -0.4 is 5.32 Å². The monoisotopic (exact) mass is 293 g/mol. The highest BCUT2D eigenvalue weighted by Crippen LogP contribution is 2.43. The van der Waals surface area contributed by atoms with E-state index < -0.39 is 0 Å². The maximum absolute atomic E-state index is 12.5. The molecule has 0 unspecified atom stereocenters. The van der Waals surface area contributed by atoms with Crippen LogP contribution in [0.5, 0.6) is 0 Å². The number of para-hydroxylation sites is 1. The number of fused-ring (bicyclic) bond motifs is 2. The predicted octanol–water partition coefficient (Wildman–Crippen LogP) is 2.68. The smallest absolute Gasteiger partial charge is 0.253 e. The van der Waals surface area contributed by atoms with E-state index in [0.717, 1.165) is 38.0 Å². The average Bonchev–Trinajstić information content (AvgIpc) is 2.95. The molecule has 22 heavy (non-hydrogen) atoms. The average molecular weight is 293 g/mol. The molecule has 4 heteroatoms. The third-order valence-electron chi connectivity index (χ3n) is 5.05. The zero-order valence-corrected chi connectivity index (χ0v) is 12.5. The van der Waals surface area contributed by atoms with Gasteiger partial charge in [0.05, 0.1) is 0 Å². The van der Waals surface area contributed by atoms with Gasteiger partial charge in [-0.2, -0.15) is 0 Å². The normalized spacial score (nSPS) is 18.8. The van der Waals surface area contributed by atoms with Gasteiger partial charge in [-0.1, -0.05) is 18.2 Å². The van der Waals surface area contributed by atoms with Crippen LogP contribution in [-0.4, -0.2) is 35.4 Å². The van der Waals surface area contributed by atoms with E-state index in [9.17, 15) is 4.79 Å². The number of anilines is 1. The lowest BCUT2D eigenvalue weighted by molar-refractivity contribution is 0.0676. The fraction of sp³-hybridized carbons (Fsp3) is 0.333. The van der Waals surface area contributed by atoms with E-state index in [4.69, 9.17) is 0 Å². The largest absolute Gasteiger partial charge is 0.384 e. The van der Waals surface area contributed by atoms with Gasteiger partial charge in [-0.05, 0) is 36.6 Å². The highest BCUT2D eigenvalue weighted by Gasteiger charge is 2.41. The molecule has 3 heterocycles. The third-order valence-corrected chi connectivity index (χ3v) is 5.05. The Kier molecular flexibility index (Phi) is 3.10. The van der Waals surface area contributed by atoms with Gasteiger partial charge in [-0.15, -0.1) is 0 Å². The zero-order chi connectivity index (χ0) is 15.0. The number of aromatic nitrogens is 1. The van der Waals surface area contributed by atoms with E-state index >= 15 is 0 Å². The highest BCUT2D eigenvalue weighted by atomic mass is 16.2. The van der Waals surface area contributed by atoms with E-state index in [1.807, 2.05) is 4.90 Å². The van der Waals surface area contributed by atoms with Gasteiger partial charge < -0.3 is 10.2 Å². The van der Waals surface area contributed by atoms with E-state index in [1.165, 1.54) is 11.3 Å². The Bertz CT molecular complexity index is 690. The van der Waals surface area contributed by atoms with Crippen molar-refractivity contribution < 1.29 is 4.79 Å². The van der Waals surface area contributed by atoms with E-state index in [1.54, 1.807) is 24.5 Å². The molecule has 0 aliphatic carbocycles. The lowest BCUT2D eigenvalue weighted by atomic mass is 9.74. The number of carbonyl (C=O) groups is 1. The number of benzene rings is 1. The molecular weight excluding hydrogens is 274 g/mol. The molecule has 0 bridgehead atoms. The highest BCUT2D eigenvalue weighted by molar-refractivity contribution is 5.94. The summed E-state index contributed by atoms with van der Waals surface area (Å²) in [6, 6.07) is 12.2. The van der Waals surface area contributed by atoms with Crippen molar-refractivity contribution in [1.29, 1.82) is 0 Å². The van der Waals surface area contributed by atoms with Crippen molar-refractivity contribution in [3.8, 4) is 0 Å². The molecule has 1 saturated heterocycles. The molecular formula is C18H19N3O. The fourth-order valence-corrected chi connectivity index (χ4v) is 3.72. The van der Waals surface area contributed by atoms with Crippen molar-refractivity contribution in [1.82, 2.24) is 9.88 Å². The second kappa shape index (κ2) is 5.13. The van der Waals surface area contributed by atoms with Gasteiger partial charge in [0.2, 0.25) is 0 Å². The van der Waals surface area contributed by atoms with Gasteiger partial charge in [0.25, 0.3) is 5.91 Å². The lowest BCUT2D eigenvalue weighted by Gasteiger charge is -2.39. The topological polar surface area (TPSA) is 45.2 Å². The summed E-state index contributed by atoms with van der Waals surface area (Å²) in [5, 5.41) is 3.52. The number of pyridine rings is 1. The maximum atomic E-state index is 12.5. The number of hydrogen-bond donors (Lipinski definition) is 1. The number of nitrogens with one attached hydrogen (secondary N) is 1. The number of amides is 1. The number of nitrogens with zero attached hydrogens (tertiary/aromatic N) is 2. The first kappa shape index (κ1) is 13.3. The van der Waals surface area contributed by atoms with Crippen LogP contribution in [0.1, 0.15) is 28.8 Å². The molecule has 0 atom stereocenters. The summed E-state index contributed by atoms with van der Waals surface area (Å²) in [6.45, 7) is 2.62. The van der Waals surface area contributed by atoms with Crippen LogP contribution in [0.4, 0.5) is 5.69 Å². The Hall–Kier alpha value is -2.36. The summed E-state index contributed by atoms with van der Waals surface area (Å²) in [5.74, 6) is 0.122. The van der Waals surface area contributed by atoms with Gasteiger partial charge in [0.15, 0.2) is 0 Å². The Morgan fingerprint density at radius 3 is 2.59 bits per heavy atom. The second-order valence-electron chi connectivity index (χ2n) is 6.21. The fourth-order valence-electron chi connectivity index (χ4n) is 3.72. The van der Waals surface area contributed by atoms with Crippen LogP contribution in [-0.2, 0) is 5.41 Å². The Labute approximate surface area is 130 Å². The number of hydrogen-bond acceptors (Lipinski definition) is 3. The molecule has 1 amide bonds. The molecule has 1 aromatic carbocycles. The molecule has 0 saturated carbocycles. The predicted molar refractivity (Wildman–Crippen MR) is 86.0 cm³/mol. The van der Waals surface area contributed by atoms with Crippen molar-refractivity contribution in [2.75, 3.05) is 25.0 Å². The van der Waals surface area contributed by atoms with Crippen molar-refractivity contribution in [3.05, 3.63) is 59.9 Å². The first-order chi connectivity index (χ1) is 10.8. The molecule has 1 fully saturated rings. The summed E-state index contributed by atoms with van der Waals surface area (Å²) < 4.78 is 0. The molecule has 2 aliphatic heterocycles. The van der Waals surface area contributed by atoms with Crippen LogP contribution in [0.25, 0.3) is 0 Å². The van der Waals surface area contributed by atoms with Crippen LogP contribution in [0.2, 0.25) is 0 Å². The van der Waals surface area contributed by atoms with Crippen molar-refractivity contribution in [3.63, 3.8) is 0 Å². The van der Waals surface area contributed by atoms with Gasteiger partial charge in [-0.3, -0.25) is 9.78 Å². The molecule has 0 radical (unpaired) electrons. The van der Waals surface area contributed by atoms with Crippen LogP contribution in [0.3, 0.4) is 0 Å². The quantitative estimate of drug-likeness (QED) is 0.879. The van der Waals surface area contributed by atoms with Crippen molar-refractivity contribution in [2.45, 2.75) is 18.3 Å². The summed E-state index contributed by atoms with van der Waals surface area (Å²) in [4.78, 5) is 18.5. The lowest BCUT2D eigenvalue weighted by Crippen LogP contribution is -2.46. The van der Waals surface area contributed by atoms with Crippen molar-refractivity contribution in [2.24, 2.45) is 0 Å². The number of carbonyl (C=O) groups excluding carboxylic acids is 1. The van der Waals surface area contributed by atoms with Crippen LogP contribution >= 0.6 is 0 Å². The first-order valence-corrected chi connectivity index (χ1v) is 7.81. The number of rotatable bonds is 1. The maximum Gasteiger partial charge on any atom is 0.253 e. The summed E-state index contributed by atoms with van der Waals surface area (Å²) in [5.41, 5.74) is 3.62. The Morgan fingerprint density at radius 2 is 1.82 bits per heavy atom. The second-order valence-corrected chi connectivity index (χ2v) is 6.21. The van der Waals surface area contributed by atoms with E-state index in [-0.39, 0.29) is 11.3 Å². The minimum absolute atomic E-state index is 0.122. The summed E-state index contributed by atoms with van der Waals surface area (Å²) in [6.07, 6.45) is 5.40. The first-order valence-electron chi connectivity index (χ1n) is 7.81. The molecule has 1 N–H and O–H groups in total. The molecule has 112 valence electrons. The molecule has 1 aromatic heterocycles. The Morgan fingerprint density at radius 1 is 1.09 bits per heavy atom. The van der Waals surface area contributed by atoms with E-state index in [0.29, 0.717) is 0 Å². The minimum Gasteiger partial charge on any atom is -0.384 e. The summed E-state index contributed by atoms with van der Waals surface area (Å²) >= 11 is 0. The molecule has 2 aliphatic rings. The van der Waals surface area contributed by atoms with Crippen LogP contribution in [0, 0.1) is 0 Å².